The van der Waals surface area contributed by atoms with Crippen LogP contribution in [-0.2, 0) is 14.3 Å². The van der Waals surface area contributed by atoms with Gasteiger partial charge in [-0.25, -0.2) is 0 Å². The number of hydrogen-bond acceptors (Lipinski definition) is 4. The highest BCUT2D eigenvalue weighted by Gasteiger charge is 2.18. The van der Waals surface area contributed by atoms with E-state index in [1.807, 2.05) is 6.07 Å². The molecule has 0 heterocycles. The van der Waals surface area contributed by atoms with Crippen LogP contribution < -0.4 is 5.32 Å². The van der Waals surface area contributed by atoms with Gasteiger partial charge < -0.3 is 10.1 Å². The Balaban J connectivity index is 2.28. The van der Waals surface area contributed by atoms with Crippen molar-refractivity contribution < 1.29 is 19.1 Å². The number of nitrogens with one attached hydrogen (secondary N) is 1. The van der Waals surface area contributed by atoms with Gasteiger partial charge in [0.1, 0.15) is 17.8 Å². The number of rotatable bonds is 6. The monoisotopic (exact) mass is 291 g/mol. The molecule has 1 rings (SSSR count). The van der Waals surface area contributed by atoms with Crippen molar-refractivity contribution in [3.05, 3.63) is 35.9 Å². The van der Waals surface area contributed by atoms with Crippen molar-refractivity contribution in [1.29, 1.82) is 0 Å². The third kappa shape index (κ3) is 7.25. The van der Waals surface area contributed by atoms with Gasteiger partial charge in [-0.05, 0) is 32.9 Å². The van der Waals surface area contributed by atoms with Crippen LogP contribution >= 0.6 is 0 Å². The van der Waals surface area contributed by atoms with Crippen LogP contribution in [0.25, 0.3) is 0 Å². The molecule has 0 aromatic heterocycles. The summed E-state index contributed by atoms with van der Waals surface area (Å²) in [6.07, 6.45) is -0.156. The number of ketones is 1. The Bertz CT molecular complexity index is 503. The number of carbonyl (C=O) groups is 3. The topological polar surface area (TPSA) is 72.5 Å². The van der Waals surface area contributed by atoms with Gasteiger partial charge in [0.05, 0.1) is 0 Å². The molecule has 5 nitrogen and oxygen atoms in total. The number of Topliss-reactive ketones (excluding diaryl/α,β-unsaturated/α-hetero) is 1. The Morgan fingerprint density at radius 2 is 1.71 bits per heavy atom. The second kappa shape index (κ2) is 7.57. The molecule has 1 aromatic rings. The third-order valence-corrected chi connectivity index (χ3v) is 2.49. The molecule has 1 aromatic carbocycles. The maximum Gasteiger partial charge on any atom is 0.313 e. The fourth-order valence-electron chi connectivity index (χ4n) is 1.63. The molecule has 5 heteroatoms. The average Bonchev–Trinajstić information content (AvgIpc) is 2.37. The summed E-state index contributed by atoms with van der Waals surface area (Å²) in [6.45, 7) is 5.44. The van der Waals surface area contributed by atoms with Gasteiger partial charge in [0.2, 0.25) is 0 Å². The highest BCUT2D eigenvalue weighted by Crippen LogP contribution is 2.08. The molecule has 21 heavy (non-hydrogen) atoms. The summed E-state index contributed by atoms with van der Waals surface area (Å²) in [6, 6.07) is 8.74. The van der Waals surface area contributed by atoms with Crippen molar-refractivity contribution in [3.63, 3.8) is 0 Å². The average molecular weight is 291 g/mol. The second-order valence-corrected chi connectivity index (χ2v) is 5.67. The van der Waals surface area contributed by atoms with E-state index >= 15 is 0 Å². The van der Waals surface area contributed by atoms with E-state index in [4.69, 9.17) is 4.74 Å². The molecule has 1 N–H and O–H groups in total. The minimum Gasteiger partial charge on any atom is -0.460 e. The molecule has 0 fully saturated rings. The normalized spacial score (nSPS) is 10.8. The maximum atomic E-state index is 11.7. The number of ether oxygens (including phenoxy) is 1. The number of benzene rings is 1. The summed E-state index contributed by atoms with van der Waals surface area (Å²) in [4.78, 5) is 34.8. The first kappa shape index (κ1) is 16.9. The lowest BCUT2D eigenvalue weighted by Gasteiger charge is -2.19. The van der Waals surface area contributed by atoms with Gasteiger partial charge >= 0.3 is 5.97 Å². The fraction of sp³-hybridized carbons (Fsp3) is 0.438. The summed E-state index contributed by atoms with van der Waals surface area (Å²) < 4.78 is 5.06. The Hall–Kier alpha value is -2.17. The quantitative estimate of drug-likeness (QED) is 0.643. The van der Waals surface area contributed by atoms with Crippen LogP contribution in [0.15, 0.2) is 30.3 Å². The summed E-state index contributed by atoms with van der Waals surface area (Å²) >= 11 is 0. The lowest BCUT2D eigenvalue weighted by atomic mass is 10.1. The standard InChI is InChI=1S/C16H21NO4/c1-16(2,3)21-14(19)11-13(18)9-10-17-15(20)12-7-5-4-6-8-12/h4-8H,9-11H2,1-3H3,(H,17,20). The maximum absolute atomic E-state index is 11.7. The van der Waals surface area contributed by atoms with Crippen LogP contribution in [0.5, 0.6) is 0 Å². The molecule has 0 aliphatic carbocycles. The lowest BCUT2D eigenvalue weighted by molar-refractivity contribution is -0.156. The first-order valence-corrected chi connectivity index (χ1v) is 6.85. The fourth-order valence-corrected chi connectivity index (χ4v) is 1.63. The minimum absolute atomic E-state index is 0.109. The Labute approximate surface area is 124 Å². The van der Waals surface area contributed by atoms with Crippen LogP contribution in [0, 0.1) is 0 Å². The first-order valence-electron chi connectivity index (χ1n) is 6.85. The van der Waals surface area contributed by atoms with Crippen molar-refractivity contribution in [3.8, 4) is 0 Å². The first-order chi connectivity index (χ1) is 9.78. The highest BCUT2D eigenvalue weighted by atomic mass is 16.6. The van der Waals surface area contributed by atoms with Gasteiger partial charge in [0.25, 0.3) is 5.91 Å². The van der Waals surface area contributed by atoms with Crippen molar-refractivity contribution in [2.75, 3.05) is 6.54 Å². The van der Waals surface area contributed by atoms with Gasteiger partial charge in [-0.15, -0.1) is 0 Å². The van der Waals surface area contributed by atoms with E-state index in [-0.39, 0.29) is 31.1 Å². The number of hydrogen-bond donors (Lipinski definition) is 1. The highest BCUT2D eigenvalue weighted by molar-refractivity contribution is 5.97. The smallest absolute Gasteiger partial charge is 0.313 e. The van der Waals surface area contributed by atoms with E-state index < -0.39 is 11.6 Å². The van der Waals surface area contributed by atoms with Gasteiger partial charge in [-0.2, -0.15) is 0 Å². The van der Waals surface area contributed by atoms with Gasteiger partial charge in [0.15, 0.2) is 0 Å². The van der Waals surface area contributed by atoms with E-state index in [1.54, 1.807) is 45.0 Å². The molecule has 0 bridgehead atoms. The van der Waals surface area contributed by atoms with Gasteiger partial charge in [-0.3, -0.25) is 14.4 Å². The molecular formula is C16H21NO4. The lowest BCUT2D eigenvalue weighted by Crippen LogP contribution is -2.28. The molecule has 1 amide bonds. The second-order valence-electron chi connectivity index (χ2n) is 5.67. The molecular weight excluding hydrogens is 270 g/mol. The van der Waals surface area contributed by atoms with E-state index in [0.29, 0.717) is 5.56 Å². The molecule has 0 aliphatic rings. The number of carbonyl (C=O) groups excluding carboxylic acids is 3. The van der Waals surface area contributed by atoms with E-state index in [1.165, 1.54) is 0 Å². The molecule has 114 valence electrons. The SMILES string of the molecule is CC(C)(C)OC(=O)CC(=O)CCNC(=O)c1ccccc1. The summed E-state index contributed by atoms with van der Waals surface area (Å²) in [5.74, 6) is -1.03. The Morgan fingerprint density at radius 3 is 2.29 bits per heavy atom. The van der Waals surface area contributed by atoms with Crippen LogP contribution in [0.4, 0.5) is 0 Å². The zero-order valence-electron chi connectivity index (χ0n) is 12.6. The van der Waals surface area contributed by atoms with E-state index in [0.717, 1.165) is 0 Å². The van der Waals surface area contributed by atoms with Crippen LogP contribution in [-0.4, -0.2) is 29.8 Å². The number of amides is 1. The third-order valence-electron chi connectivity index (χ3n) is 2.49. The molecule has 0 radical (unpaired) electrons. The Kier molecular flexibility index (Phi) is 6.09. The van der Waals surface area contributed by atoms with Crippen molar-refractivity contribution in [1.82, 2.24) is 5.32 Å². The van der Waals surface area contributed by atoms with Crippen LogP contribution in [0.2, 0.25) is 0 Å². The van der Waals surface area contributed by atoms with E-state index in [2.05, 4.69) is 5.32 Å². The zero-order chi connectivity index (χ0) is 15.9. The predicted molar refractivity (Wildman–Crippen MR) is 78.9 cm³/mol. The number of esters is 1. The largest absolute Gasteiger partial charge is 0.460 e. The van der Waals surface area contributed by atoms with Crippen LogP contribution in [0.3, 0.4) is 0 Å². The molecule has 0 atom stereocenters. The van der Waals surface area contributed by atoms with Gasteiger partial charge in [-0.1, -0.05) is 18.2 Å². The predicted octanol–water partition coefficient (Wildman–Crippen LogP) is 2.11. The van der Waals surface area contributed by atoms with Crippen LogP contribution in [0.1, 0.15) is 44.0 Å². The zero-order valence-corrected chi connectivity index (χ0v) is 12.6. The van der Waals surface area contributed by atoms with Crippen molar-refractivity contribution in [2.24, 2.45) is 0 Å². The molecule has 0 aliphatic heterocycles. The summed E-state index contributed by atoms with van der Waals surface area (Å²) in [7, 11) is 0. The molecule has 0 spiro atoms. The van der Waals surface area contributed by atoms with E-state index in [9.17, 15) is 14.4 Å². The summed E-state index contributed by atoms with van der Waals surface area (Å²) in [5, 5.41) is 2.64. The molecule has 0 saturated carbocycles. The Morgan fingerprint density at radius 1 is 1.10 bits per heavy atom. The molecule has 0 saturated heterocycles. The van der Waals surface area contributed by atoms with Crippen molar-refractivity contribution >= 4 is 17.7 Å². The summed E-state index contributed by atoms with van der Waals surface area (Å²) in [5.41, 5.74) is -0.0594. The minimum atomic E-state index is -0.598. The molecule has 0 unspecified atom stereocenters. The van der Waals surface area contributed by atoms with Crippen molar-refractivity contribution in [2.45, 2.75) is 39.2 Å². The van der Waals surface area contributed by atoms with Gasteiger partial charge in [0, 0.05) is 18.5 Å².